The zero-order valence-electron chi connectivity index (χ0n) is 14.6. The molecule has 27 heavy (non-hydrogen) atoms. The van der Waals surface area contributed by atoms with E-state index < -0.39 is 21.6 Å². The number of fused-ring (bicyclic) bond motifs is 1. The fraction of sp³-hybridized carbons (Fsp3) is 0.471. The highest BCUT2D eigenvalue weighted by Crippen LogP contribution is 2.49. The molecule has 1 amide bonds. The van der Waals surface area contributed by atoms with Gasteiger partial charge < -0.3 is 14.4 Å². The number of ether oxygens (including phenoxy) is 2. The van der Waals surface area contributed by atoms with Crippen molar-refractivity contribution in [2.75, 3.05) is 13.7 Å². The van der Waals surface area contributed by atoms with Crippen molar-refractivity contribution in [3.63, 3.8) is 0 Å². The number of carbonyl (C=O) groups is 3. The van der Waals surface area contributed by atoms with Crippen molar-refractivity contribution < 1.29 is 28.8 Å². The van der Waals surface area contributed by atoms with Crippen LogP contribution in [0.4, 0.5) is 5.69 Å². The number of nitro benzene ring substituents is 1. The number of nitrogens with zero attached hydrogens (tertiary/aromatic N) is 2. The Labute approximate surface area is 159 Å². The molecule has 144 valence electrons. The Morgan fingerprint density at radius 2 is 2.07 bits per heavy atom. The van der Waals surface area contributed by atoms with E-state index in [9.17, 15) is 24.5 Å². The van der Waals surface area contributed by atoms with Crippen molar-refractivity contribution in [3.05, 3.63) is 39.9 Å². The maximum absolute atomic E-state index is 12.8. The van der Waals surface area contributed by atoms with Gasteiger partial charge in [0.25, 0.3) is 5.69 Å². The van der Waals surface area contributed by atoms with Crippen LogP contribution < -0.4 is 0 Å². The lowest BCUT2D eigenvalue weighted by Gasteiger charge is -2.32. The molecule has 0 N–H and O–H groups in total. The number of benzene rings is 1. The monoisotopic (exact) mass is 394 g/mol. The summed E-state index contributed by atoms with van der Waals surface area (Å²) in [6.45, 7) is 0.160. The fourth-order valence-electron chi connectivity index (χ4n) is 3.05. The van der Waals surface area contributed by atoms with Crippen molar-refractivity contribution in [2.45, 2.75) is 36.0 Å². The predicted molar refractivity (Wildman–Crippen MR) is 94.6 cm³/mol. The van der Waals surface area contributed by atoms with E-state index in [0.29, 0.717) is 12.0 Å². The minimum atomic E-state index is -1.01. The minimum absolute atomic E-state index is 0.0180. The summed E-state index contributed by atoms with van der Waals surface area (Å²) in [4.78, 5) is 47.8. The van der Waals surface area contributed by atoms with Gasteiger partial charge in [-0.1, -0.05) is 0 Å². The van der Waals surface area contributed by atoms with E-state index in [2.05, 4.69) is 4.74 Å². The van der Waals surface area contributed by atoms with Crippen molar-refractivity contribution in [1.29, 1.82) is 0 Å². The highest BCUT2D eigenvalue weighted by molar-refractivity contribution is 8.02. The number of amides is 1. The molecule has 2 fully saturated rings. The summed E-state index contributed by atoms with van der Waals surface area (Å²) in [6, 6.07) is 5.71. The van der Waals surface area contributed by atoms with E-state index in [1.54, 1.807) is 4.90 Å². The summed E-state index contributed by atoms with van der Waals surface area (Å²) in [5.74, 6) is -0.953. The number of nitro groups is 1. The highest BCUT2D eigenvalue weighted by atomic mass is 32.2. The number of hydrogen-bond donors (Lipinski definition) is 0. The van der Waals surface area contributed by atoms with Gasteiger partial charge in [-0.15, -0.1) is 11.8 Å². The van der Waals surface area contributed by atoms with Crippen LogP contribution in [0.2, 0.25) is 0 Å². The van der Waals surface area contributed by atoms with Gasteiger partial charge >= 0.3 is 11.9 Å². The Hall–Kier alpha value is -2.62. The van der Waals surface area contributed by atoms with Crippen LogP contribution in [0.25, 0.3) is 0 Å². The number of methoxy groups -OCH3 is 1. The van der Waals surface area contributed by atoms with Gasteiger partial charge in [0.15, 0.2) is 0 Å². The zero-order valence-corrected chi connectivity index (χ0v) is 15.4. The molecule has 1 unspecified atom stereocenters. The van der Waals surface area contributed by atoms with E-state index in [1.165, 1.54) is 43.1 Å². The SMILES string of the molecule is COC(=O)CCC1(C(=O)OCc2ccc([N+](=O)[O-])cc2)CN2C(=O)C[C@H]2S1. The maximum atomic E-state index is 12.8. The van der Waals surface area contributed by atoms with Gasteiger partial charge in [-0.2, -0.15) is 0 Å². The van der Waals surface area contributed by atoms with Crippen LogP contribution in [0.1, 0.15) is 24.8 Å². The second-order valence-electron chi connectivity index (χ2n) is 6.37. The predicted octanol–water partition coefficient (Wildman–Crippen LogP) is 1.64. The Morgan fingerprint density at radius 1 is 1.37 bits per heavy atom. The molecule has 2 saturated heterocycles. The third kappa shape index (κ3) is 3.90. The Balaban J connectivity index is 1.66. The quantitative estimate of drug-likeness (QED) is 0.297. The molecular weight excluding hydrogens is 376 g/mol. The maximum Gasteiger partial charge on any atom is 0.324 e. The summed E-state index contributed by atoms with van der Waals surface area (Å²) in [7, 11) is 1.28. The lowest BCUT2D eigenvalue weighted by Crippen LogP contribution is -2.49. The van der Waals surface area contributed by atoms with E-state index in [0.717, 1.165) is 0 Å². The van der Waals surface area contributed by atoms with E-state index in [4.69, 9.17) is 4.74 Å². The molecule has 0 saturated carbocycles. The zero-order chi connectivity index (χ0) is 19.6. The summed E-state index contributed by atoms with van der Waals surface area (Å²) in [6.07, 6.45) is 0.634. The molecular formula is C17H18N2O7S. The van der Waals surface area contributed by atoms with Crippen molar-refractivity contribution >= 4 is 35.3 Å². The fourth-order valence-corrected chi connectivity index (χ4v) is 4.70. The van der Waals surface area contributed by atoms with Crippen LogP contribution >= 0.6 is 11.8 Å². The van der Waals surface area contributed by atoms with Gasteiger partial charge in [-0.05, 0) is 24.1 Å². The first-order valence-electron chi connectivity index (χ1n) is 8.29. The summed E-state index contributed by atoms with van der Waals surface area (Å²) >= 11 is 1.35. The number of thioether (sulfide) groups is 1. The van der Waals surface area contributed by atoms with Crippen LogP contribution in [0, 0.1) is 10.1 Å². The smallest absolute Gasteiger partial charge is 0.324 e. The minimum Gasteiger partial charge on any atom is -0.469 e. The Bertz CT molecular complexity index is 782. The van der Waals surface area contributed by atoms with Crippen molar-refractivity contribution in [3.8, 4) is 0 Å². The van der Waals surface area contributed by atoms with E-state index in [1.807, 2.05) is 0 Å². The van der Waals surface area contributed by atoms with Gasteiger partial charge in [0.1, 0.15) is 11.4 Å². The van der Waals surface area contributed by atoms with E-state index in [-0.39, 0.29) is 43.0 Å². The van der Waals surface area contributed by atoms with Gasteiger partial charge in [-0.25, -0.2) is 0 Å². The number of esters is 2. The second kappa shape index (κ2) is 7.55. The first kappa shape index (κ1) is 19.2. The molecule has 0 aliphatic carbocycles. The molecule has 9 nitrogen and oxygen atoms in total. The molecule has 0 bridgehead atoms. The largest absolute Gasteiger partial charge is 0.469 e. The van der Waals surface area contributed by atoms with Crippen LogP contribution in [0.5, 0.6) is 0 Å². The highest BCUT2D eigenvalue weighted by Gasteiger charge is 2.57. The standard InChI is InChI=1S/C17H18N2O7S/c1-25-15(21)6-7-17(10-18-13(20)8-14(18)27-17)16(22)26-9-11-2-4-12(5-3-11)19(23)24/h2-5,14H,6-10H2,1H3/t14-,17?/m1/s1. The third-order valence-electron chi connectivity index (χ3n) is 4.65. The van der Waals surface area contributed by atoms with Gasteiger partial charge in [-0.3, -0.25) is 24.5 Å². The summed E-state index contributed by atoms with van der Waals surface area (Å²) in [5.41, 5.74) is 0.563. The van der Waals surface area contributed by atoms with Crippen LogP contribution in [0.3, 0.4) is 0 Å². The van der Waals surface area contributed by atoms with Gasteiger partial charge in [0.05, 0.1) is 23.8 Å². The molecule has 3 rings (SSSR count). The van der Waals surface area contributed by atoms with Crippen LogP contribution in [-0.4, -0.2) is 51.4 Å². The number of rotatable bonds is 7. The average molecular weight is 394 g/mol. The lowest BCUT2D eigenvalue weighted by molar-refractivity contribution is -0.384. The Kier molecular flexibility index (Phi) is 5.36. The molecule has 1 aromatic rings. The molecule has 2 heterocycles. The first-order valence-corrected chi connectivity index (χ1v) is 9.17. The van der Waals surface area contributed by atoms with E-state index >= 15 is 0 Å². The van der Waals surface area contributed by atoms with Crippen molar-refractivity contribution in [1.82, 2.24) is 4.90 Å². The molecule has 1 aromatic carbocycles. The van der Waals surface area contributed by atoms with Gasteiger partial charge in [0.2, 0.25) is 5.91 Å². The van der Waals surface area contributed by atoms with Crippen LogP contribution in [0.15, 0.2) is 24.3 Å². The lowest BCUT2D eigenvalue weighted by atomic mass is 10.00. The third-order valence-corrected chi connectivity index (χ3v) is 6.30. The number of carbonyl (C=O) groups excluding carboxylic acids is 3. The Morgan fingerprint density at radius 3 is 2.63 bits per heavy atom. The van der Waals surface area contributed by atoms with Crippen molar-refractivity contribution in [2.24, 2.45) is 0 Å². The molecule has 10 heteroatoms. The molecule has 2 atom stereocenters. The first-order chi connectivity index (χ1) is 12.8. The second-order valence-corrected chi connectivity index (χ2v) is 7.93. The molecule has 0 spiro atoms. The molecule has 2 aliphatic heterocycles. The normalized spacial score (nSPS) is 23.4. The molecule has 0 radical (unpaired) electrons. The number of hydrogen-bond acceptors (Lipinski definition) is 8. The average Bonchev–Trinajstić information content (AvgIpc) is 2.98. The molecule has 0 aromatic heterocycles. The van der Waals surface area contributed by atoms with Gasteiger partial charge in [0, 0.05) is 25.1 Å². The number of β-lactam (4-membered cyclic amide) rings is 1. The topological polar surface area (TPSA) is 116 Å². The van der Waals surface area contributed by atoms with Crippen LogP contribution in [-0.2, 0) is 30.5 Å². The molecule has 2 aliphatic rings. The summed E-state index contributed by atoms with van der Waals surface area (Å²) in [5, 5.41) is 10.6. The summed E-state index contributed by atoms with van der Waals surface area (Å²) < 4.78 is 9.06. The number of non-ortho nitro benzene ring substituents is 1.